The summed E-state index contributed by atoms with van der Waals surface area (Å²) in [5.74, 6) is 0.0818. The van der Waals surface area contributed by atoms with Gasteiger partial charge in [-0.3, -0.25) is 4.79 Å². The molecule has 0 atom stereocenters. The number of H-pyrrole nitrogens is 1. The van der Waals surface area contributed by atoms with Crippen molar-refractivity contribution in [2.24, 2.45) is 0 Å². The number of aryl methyl sites for hydroxylation is 3. The number of benzene rings is 2. The van der Waals surface area contributed by atoms with Gasteiger partial charge in [-0.25, -0.2) is 0 Å². The lowest BCUT2D eigenvalue weighted by molar-refractivity contribution is 0.102. The molecule has 2 aromatic carbocycles. The number of nitrogens with zero attached hydrogens (tertiary/aromatic N) is 2. The molecule has 24 heavy (non-hydrogen) atoms. The third-order valence-electron chi connectivity index (χ3n) is 3.80. The van der Waals surface area contributed by atoms with Gasteiger partial charge >= 0.3 is 0 Å². The zero-order chi connectivity index (χ0) is 17.1. The predicted octanol–water partition coefficient (Wildman–Crippen LogP) is 3.73. The zero-order valence-corrected chi connectivity index (χ0v) is 13.8. The molecule has 0 saturated heterocycles. The number of hydrogen-bond donors (Lipinski definition) is 3. The smallest absolute Gasteiger partial charge is 0.280 e. The number of aromatic nitrogens is 3. The molecule has 0 radical (unpaired) electrons. The Morgan fingerprint density at radius 1 is 0.958 bits per heavy atom. The van der Waals surface area contributed by atoms with Crippen LogP contribution in [0.15, 0.2) is 42.5 Å². The first-order valence-electron chi connectivity index (χ1n) is 7.66. The Bertz CT molecular complexity index is 847. The van der Waals surface area contributed by atoms with Gasteiger partial charge in [-0.2, -0.15) is 5.21 Å². The number of rotatable bonds is 4. The Kier molecular flexibility index (Phi) is 4.29. The summed E-state index contributed by atoms with van der Waals surface area (Å²) in [6.07, 6.45) is 0. The van der Waals surface area contributed by atoms with E-state index in [2.05, 4.69) is 26.0 Å². The molecule has 0 saturated carbocycles. The van der Waals surface area contributed by atoms with Gasteiger partial charge in [0.1, 0.15) is 0 Å². The summed E-state index contributed by atoms with van der Waals surface area (Å²) < 4.78 is 0. The fourth-order valence-corrected chi connectivity index (χ4v) is 2.43. The molecule has 0 bridgehead atoms. The minimum Gasteiger partial charge on any atom is -0.337 e. The van der Waals surface area contributed by atoms with Crippen LogP contribution in [0.1, 0.15) is 27.2 Å². The Hall–Kier alpha value is -3.15. The van der Waals surface area contributed by atoms with Gasteiger partial charge in [0.15, 0.2) is 11.5 Å². The summed E-state index contributed by atoms with van der Waals surface area (Å²) in [7, 11) is 0. The van der Waals surface area contributed by atoms with Crippen molar-refractivity contribution >= 4 is 23.1 Å². The maximum absolute atomic E-state index is 12.6. The van der Waals surface area contributed by atoms with Gasteiger partial charge in [-0.15, -0.1) is 10.2 Å². The molecule has 1 heterocycles. The van der Waals surface area contributed by atoms with E-state index in [0.717, 1.165) is 28.1 Å². The van der Waals surface area contributed by atoms with Crippen LogP contribution in [-0.2, 0) is 0 Å². The standard InChI is InChI=1S/C18H19N5O/c1-11-7-9-14(10-8-11)19-17-16(21-23-22-17)18(24)20-15-12(2)5-4-6-13(15)3/h4-10H,1-3H3,(H,20,24)(H2,19,21,22,23). The summed E-state index contributed by atoms with van der Waals surface area (Å²) in [5, 5.41) is 16.5. The monoisotopic (exact) mass is 321 g/mol. The van der Waals surface area contributed by atoms with Crippen LogP contribution in [0.3, 0.4) is 0 Å². The van der Waals surface area contributed by atoms with Gasteiger partial charge in [-0.1, -0.05) is 35.9 Å². The number of nitrogens with one attached hydrogen (secondary N) is 3. The van der Waals surface area contributed by atoms with E-state index in [4.69, 9.17) is 0 Å². The lowest BCUT2D eigenvalue weighted by Crippen LogP contribution is -2.15. The maximum Gasteiger partial charge on any atom is 0.280 e. The summed E-state index contributed by atoms with van der Waals surface area (Å²) >= 11 is 0. The molecular formula is C18H19N5O. The van der Waals surface area contributed by atoms with Gasteiger partial charge < -0.3 is 10.6 Å². The fraction of sp³-hybridized carbons (Fsp3) is 0.167. The first-order chi connectivity index (χ1) is 11.5. The van der Waals surface area contributed by atoms with Gasteiger partial charge in [0, 0.05) is 11.4 Å². The number of hydrogen-bond acceptors (Lipinski definition) is 4. The minimum atomic E-state index is -0.309. The van der Waals surface area contributed by atoms with E-state index in [-0.39, 0.29) is 11.6 Å². The Balaban J connectivity index is 1.82. The third kappa shape index (κ3) is 3.27. The van der Waals surface area contributed by atoms with E-state index in [1.165, 1.54) is 0 Å². The second kappa shape index (κ2) is 6.54. The largest absolute Gasteiger partial charge is 0.337 e. The summed E-state index contributed by atoms with van der Waals surface area (Å²) in [4.78, 5) is 12.6. The van der Waals surface area contributed by atoms with Crippen molar-refractivity contribution in [2.45, 2.75) is 20.8 Å². The third-order valence-corrected chi connectivity index (χ3v) is 3.80. The van der Waals surface area contributed by atoms with Crippen molar-refractivity contribution < 1.29 is 4.79 Å². The highest BCUT2D eigenvalue weighted by atomic mass is 16.2. The predicted molar refractivity (Wildman–Crippen MR) is 94.7 cm³/mol. The molecule has 3 aromatic rings. The van der Waals surface area contributed by atoms with E-state index in [9.17, 15) is 4.79 Å². The molecule has 6 nitrogen and oxygen atoms in total. The lowest BCUT2D eigenvalue weighted by Gasteiger charge is -2.11. The van der Waals surface area contributed by atoms with Crippen LogP contribution in [-0.4, -0.2) is 21.3 Å². The van der Waals surface area contributed by atoms with Gasteiger partial charge in [0.05, 0.1) is 0 Å². The molecule has 3 rings (SSSR count). The SMILES string of the molecule is Cc1ccc(Nc2n[nH]nc2C(=O)Nc2c(C)cccc2C)cc1. The van der Waals surface area contributed by atoms with Gasteiger partial charge in [0.2, 0.25) is 0 Å². The van der Waals surface area contributed by atoms with Crippen molar-refractivity contribution in [1.29, 1.82) is 0 Å². The van der Waals surface area contributed by atoms with E-state index < -0.39 is 0 Å². The highest BCUT2D eigenvalue weighted by Crippen LogP contribution is 2.22. The average molecular weight is 321 g/mol. The van der Waals surface area contributed by atoms with Crippen molar-refractivity contribution in [1.82, 2.24) is 15.4 Å². The van der Waals surface area contributed by atoms with Gasteiger partial charge in [0.25, 0.3) is 5.91 Å². The van der Waals surface area contributed by atoms with Crippen LogP contribution < -0.4 is 10.6 Å². The summed E-state index contributed by atoms with van der Waals surface area (Å²) in [5.41, 5.74) is 5.02. The molecule has 0 aliphatic rings. The Morgan fingerprint density at radius 2 is 1.62 bits per heavy atom. The van der Waals surface area contributed by atoms with E-state index in [1.807, 2.05) is 63.2 Å². The van der Waals surface area contributed by atoms with Crippen LogP contribution >= 0.6 is 0 Å². The number of carbonyl (C=O) groups excluding carboxylic acids is 1. The Labute approximate surface area is 140 Å². The number of amides is 1. The average Bonchev–Trinajstić information content (AvgIpc) is 3.01. The number of anilines is 3. The van der Waals surface area contributed by atoms with Crippen molar-refractivity contribution in [3.63, 3.8) is 0 Å². The summed E-state index contributed by atoms with van der Waals surface area (Å²) in [6.45, 7) is 5.93. The molecule has 0 aliphatic heterocycles. The first-order valence-corrected chi connectivity index (χ1v) is 7.66. The molecule has 0 fully saturated rings. The van der Waals surface area contributed by atoms with Crippen LogP contribution in [0, 0.1) is 20.8 Å². The van der Waals surface area contributed by atoms with E-state index in [1.54, 1.807) is 0 Å². The van der Waals surface area contributed by atoms with E-state index in [0.29, 0.717) is 5.82 Å². The second-order valence-electron chi connectivity index (χ2n) is 5.73. The molecule has 3 N–H and O–H groups in total. The molecule has 0 spiro atoms. The normalized spacial score (nSPS) is 10.5. The number of aromatic amines is 1. The maximum atomic E-state index is 12.6. The molecular weight excluding hydrogens is 302 g/mol. The lowest BCUT2D eigenvalue weighted by atomic mass is 10.1. The fourth-order valence-electron chi connectivity index (χ4n) is 2.43. The first kappa shape index (κ1) is 15.7. The highest BCUT2D eigenvalue weighted by Gasteiger charge is 2.18. The molecule has 1 amide bonds. The highest BCUT2D eigenvalue weighted by molar-refractivity contribution is 6.06. The molecule has 1 aromatic heterocycles. The molecule has 6 heteroatoms. The zero-order valence-electron chi connectivity index (χ0n) is 13.8. The number of para-hydroxylation sites is 1. The van der Waals surface area contributed by atoms with Crippen molar-refractivity contribution in [2.75, 3.05) is 10.6 Å². The van der Waals surface area contributed by atoms with Crippen molar-refractivity contribution in [3.05, 3.63) is 64.8 Å². The number of carbonyl (C=O) groups is 1. The van der Waals surface area contributed by atoms with Gasteiger partial charge in [-0.05, 0) is 44.0 Å². The topological polar surface area (TPSA) is 82.7 Å². The molecule has 122 valence electrons. The van der Waals surface area contributed by atoms with Crippen LogP contribution in [0.2, 0.25) is 0 Å². The van der Waals surface area contributed by atoms with Crippen molar-refractivity contribution in [3.8, 4) is 0 Å². The van der Waals surface area contributed by atoms with Crippen LogP contribution in [0.25, 0.3) is 0 Å². The van der Waals surface area contributed by atoms with Crippen LogP contribution in [0.4, 0.5) is 17.2 Å². The Morgan fingerprint density at radius 3 is 2.29 bits per heavy atom. The molecule has 0 aliphatic carbocycles. The minimum absolute atomic E-state index is 0.221. The summed E-state index contributed by atoms with van der Waals surface area (Å²) in [6, 6.07) is 13.7. The second-order valence-corrected chi connectivity index (χ2v) is 5.73. The molecule has 0 unspecified atom stereocenters. The quantitative estimate of drug-likeness (QED) is 0.684. The van der Waals surface area contributed by atoms with E-state index >= 15 is 0 Å². The van der Waals surface area contributed by atoms with Crippen LogP contribution in [0.5, 0.6) is 0 Å².